The van der Waals surface area contributed by atoms with Gasteiger partial charge in [-0.2, -0.15) is 0 Å². The quantitative estimate of drug-likeness (QED) is 0.829. The molecule has 2 nitrogen and oxygen atoms in total. The van der Waals surface area contributed by atoms with Crippen molar-refractivity contribution in [2.24, 2.45) is 0 Å². The Balaban J connectivity index is 3.11. The van der Waals surface area contributed by atoms with Gasteiger partial charge in [-0.3, -0.25) is 0 Å². The summed E-state index contributed by atoms with van der Waals surface area (Å²) in [5.41, 5.74) is 0.934. The van der Waals surface area contributed by atoms with E-state index in [1.165, 1.54) is 0 Å². The smallest absolute Gasteiger partial charge is 0.173 e. The van der Waals surface area contributed by atoms with Crippen molar-refractivity contribution in [2.75, 3.05) is 11.9 Å². The average Bonchev–Trinajstić information content (AvgIpc) is 2.22. The SMILES string of the molecule is CNC(=S)N(c1ccc(Cl)c(Cl)c1)C(C)C. The number of thiocarbonyl (C=S) groups is 1. The van der Waals surface area contributed by atoms with Crippen LogP contribution in [0.4, 0.5) is 5.69 Å². The fourth-order valence-electron chi connectivity index (χ4n) is 1.41. The molecule has 0 amide bonds. The summed E-state index contributed by atoms with van der Waals surface area (Å²) in [6.07, 6.45) is 0. The van der Waals surface area contributed by atoms with Crippen LogP contribution < -0.4 is 10.2 Å². The summed E-state index contributed by atoms with van der Waals surface area (Å²) in [6, 6.07) is 5.73. The molecule has 1 rings (SSSR count). The van der Waals surface area contributed by atoms with Crippen LogP contribution in [-0.4, -0.2) is 18.2 Å². The number of hydrogen-bond acceptors (Lipinski definition) is 1. The lowest BCUT2D eigenvalue weighted by molar-refractivity contribution is 0.798. The van der Waals surface area contributed by atoms with Gasteiger partial charge >= 0.3 is 0 Å². The molecule has 1 N–H and O–H groups in total. The first-order valence-electron chi connectivity index (χ1n) is 4.93. The fraction of sp³-hybridized carbons (Fsp3) is 0.364. The van der Waals surface area contributed by atoms with Gasteiger partial charge in [0.15, 0.2) is 5.11 Å². The van der Waals surface area contributed by atoms with Gasteiger partial charge in [-0.25, -0.2) is 0 Å². The molecule has 0 unspecified atom stereocenters. The van der Waals surface area contributed by atoms with Crippen molar-refractivity contribution in [3.63, 3.8) is 0 Å². The Labute approximate surface area is 112 Å². The molecule has 88 valence electrons. The second-order valence-corrected chi connectivity index (χ2v) is 4.82. The molecule has 0 aromatic heterocycles. The highest BCUT2D eigenvalue weighted by molar-refractivity contribution is 7.80. The number of hydrogen-bond donors (Lipinski definition) is 1. The van der Waals surface area contributed by atoms with E-state index >= 15 is 0 Å². The maximum absolute atomic E-state index is 5.99. The van der Waals surface area contributed by atoms with Crippen molar-refractivity contribution in [3.8, 4) is 0 Å². The van der Waals surface area contributed by atoms with Gasteiger partial charge in [-0.15, -0.1) is 0 Å². The summed E-state index contributed by atoms with van der Waals surface area (Å²) in [5.74, 6) is 0. The van der Waals surface area contributed by atoms with Crippen molar-refractivity contribution in [1.29, 1.82) is 0 Å². The second kappa shape index (κ2) is 5.71. The molecule has 0 spiro atoms. The van der Waals surface area contributed by atoms with Crippen LogP contribution in [0, 0.1) is 0 Å². The van der Waals surface area contributed by atoms with Gasteiger partial charge in [0.05, 0.1) is 10.0 Å². The number of halogens is 2. The molecule has 0 bridgehead atoms. The minimum Gasteiger partial charge on any atom is -0.365 e. The van der Waals surface area contributed by atoms with Crippen LogP contribution in [-0.2, 0) is 0 Å². The summed E-state index contributed by atoms with van der Waals surface area (Å²) in [6.45, 7) is 4.12. The maximum Gasteiger partial charge on any atom is 0.173 e. The Kier molecular flexibility index (Phi) is 4.84. The van der Waals surface area contributed by atoms with Crippen molar-refractivity contribution < 1.29 is 0 Å². The summed E-state index contributed by atoms with van der Waals surface area (Å²) in [5, 5.41) is 4.70. The van der Waals surface area contributed by atoms with Crippen molar-refractivity contribution >= 4 is 46.2 Å². The molecule has 1 aromatic rings. The van der Waals surface area contributed by atoms with E-state index in [0.717, 1.165) is 5.69 Å². The van der Waals surface area contributed by atoms with Crippen LogP contribution in [0.5, 0.6) is 0 Å². The largest absolute Gasteiger partial charge is 0.365 e. The van der Waals surface area contributed by atoms with Gasteiger partial charge in [-0.1, -0.05) is 23.2 Å². The summed E-state index contributed by atoms with van der Waals surface area (Å²) in [7, 11) is 1.80. The Morgan fingerprint density at radius 2 is 1.94 bits per heavy atom. The Hall–Kier alpha value is -0.510. The predicted octanol–water partition coefficient (Wildman–Crippen LogP) is 3.71. The Morgan fingerprint density at radius 3 is 2.38 bits per heavy atom. The van der Waals surface area contributed by atoms with E-state index in [9.17, 15) is 0 Å². The van der Waals surface area contributed by atoms with E-state index in [2.05, 4.69) is 19.2 Å². The molecular formula is C11H14Cl2N2S. The molecule has 0 aliphatic heterocycles. The van der Waals surface area contributed by atoms with E-state index in [1.54, 1.807) is 13.1 Å². The monoisotopic (exact) mass is 276 g/mol. The second-order valence-electron chi connectivity index (χ2n) is 3.62. The molecule has 0 atom stereocenters. The first kappa shape index (κ1) is 13.6. The Bertz CT molecular complexity index is 394. The van der Waals surface area contributed by atoms with Gasteiger partial charge in [-0.05, 0) is 44.3 Å². The first-order chi connectivity index (χ1) is 7.47. The van der Waals surface area contributed by atoms with Gasteiger partial charge in [0, 0.05) is 18.8 Å². The molecule has 16 heavy (non-hydrogen) atoms. The van der Waals surface area contributed by atoms with Crippen LogP contribution in [0.15, 0.2) is 18.2 Å². The van der Waals surface area contributed by atoms with E-state index in [-0.39, 0.29) is 6.04 Å². The number of anilines is 1. The molecule has 0 aliphatic rings. The fourth-order valence-corrected chi connectivity index (χ4v) is 2.01. The van der Waals surface area contributed by atoms with Gasteiger partial charge in [0.25, 0.3) is 0 Å². The van der Waals surface area contributed by atoms with E-state index in [0.29, 0.717) is 15.2 Å². The minimum atomic E-state index is 0.247. The van der Waals surface area contributed by atoms with Gasteiger partial charge in [0.1, 0.15) is 0 Å². The van der Waals surface area contributed by atoms with Crippen LogP contribution in [0.25, 0.3) is 0 Å². The molecule has 5 heteroatoms. The predicted molar refractivity (Wildman–Crippen MR) is 75.7 cm³/mol. The third-order valence-electron chi connectivity index (χ3n) is 2.13. The highest BCUT2D eigenvalue weighted by Crippen LogP contribution is 2.28. The molecule has 0 saturated carbocycles. The molecule has 0 aliphatic carbocycles. The zero-order valence-corrected chi connectivity index (χ0v) is 11.7. The zero-order valence-electron chi connectivity index (χ0n) is 9.42. The number of benzene rings is 1. The summed E-state index contributed by atoms with van der Waals surface area (Å²) >= 11 is 17.1. The maximum atomic E-state index is 5.99. The normalized spacial score (nSPS) is 10.4. The first-order valence-corrected chi connectivity index (χ1v) is 6.09. The molecule has 0 heterocycles. The molecule has 0 saturated heterocycles. The highest BCUT2D eigenvalue weighted by Gasteiger charge is 2.15. The lowest BCUT2D eigenvalue weighted by atomic mass is 10.2. The van der Waals surface area contributed by atoms with E-state index in [1.807, 2.05) is 17.0 Å². The van der Waals surface area contributed by atoms with Crippen molar-refractivity contribution in [1.82, 2.24) is 5.32 Å². The lowest BCUT2D eigenvalue weighted by Gasteiger charge is -2.29. The number of rotatable bonds is 2. The molecule has 0 radical (unpaired) electrons. The Morgan fingerprint density at radius 1 is 1.31 bits per heavy atom. The van der Waals surface area contributed by atoms with E-state index < -0.39 is 0 Å². The van der Waals surface area contributed by atoms with Crippen LogP contribution >= 0.6 is 35.4 Å². The summed E-state index contributed by atoms with van der Waals surface area (Å²) < 4.78 is 0. The molecular weight excluding hydrogens is 263 g/mol. The topological polar surface area (TPSA) is 15.3 Å². The van der Waals surface area contributed by atoms with E-state index in [4.69, 9.17) is 35.4 Å². The van der Waals surface area contributed by atoms with Crippen LogP contribution in [0.2, 0.25) is 10.0 Å². The van der Waals surface area contributed by atoms with Gasteiger partial charge < -0.3 is 10.2 Å². The third kappa shape index (κ3) is 3.00. The van der Waals surface area contributed by atoms with Crippen LogP contribution in [0.3, 0.4) is 0 Å². The lowest BCUT2D eigenvalue weighted by Crippen LogP contribution is -2.42. The molecule has 0 fully saturated rings. The highest BCUT2D eigenvalue weighted by atomic mass is 35.5. The molecule has 1 aromatic carbocycles. The van der Waals surface area contributed by atoms with Gasteiger partial charge in [0.2, 0.25) is 0 Å². The third-order valence-corrected chi connectivity index (χ3v) is 3.27. The standard InChI is InChI=1S/C11H14Cl2N2S/c1-7(2)15(11(16)14-3)8-4-5-9(12)10(13)6-8/h4-7H,1-3H3,(H,14,16). The zero-order chi connectivity index (χ0) is 12.3. The number of nitrogens with one attached hydrogen (secondary N) is 1. The van der Waals surface area contributed by atoms with Crippen molar-refractivity contribution in [2.45, 2.75) is 19.9 Å². The van der Waals surface area contributed by atoms with Crippen LogP contribution in [0.1, 0.15) is 13.8 Å². The van der Waals surface area contributed by atoms with Crippen molar-refractivity contribution in [3.05, 3.63) is 28.2 Å². The average molecular weight is 277 g/mol. The minimum absolute atomic E-state index is 0.247. The number of nitrogens with zero attached hydrogens (tertiary/aromatic N) is 1. The summed E-state index contributed by atoms with van der Waals surface area (Å²) in [4.78, 5) is 1.98.